The Balaban J connectivity index is 2.45. The fraction of sp³-hybridized carbons (Fsp3) is 0.500. The van der Waals surface area contributed by atoms with Gasteiger partial charge >= 0.3 is 5.97 Å². The highest BCUT2D eigenvalue weighted by molar-refractivity contribution is 5.69. The first-order valence-electron chi connectivity index (χ1n) is 6.31. The van der Waals surface area contributed by atoms with Crippen LogP contribution in [0.3, 0.4) is 0 Å². The van der Waals surface area contributed by atoms with Crippen LogP contribution in [0.15, 0.2) is 24.3 Å². The smallest absolute Gasteiger partial charge is 0.305 e. The molecule has 18 heavy (non-hydrogen) atoms. The van der Waals surface area contributed by atoms with Crippen molar-refractivity contribution in [1.29, 1.82) is 0 Å². The molecule has 0 aliphatic rings. The second-order valence-corrected chi connectivity index (χ2v) is 3.95. The molecule has 1 aromatic carbocycles. The molecule has 0 saturated carbocycles. The van der Waals surface area contributed by atoms with Crippen LogP contribution in [0, 0.1) is 0 Å². The molecule has 4 nitrogen and oxygen atoms in total. The van der Waals surface area contributed by atoms with Gasteiger partial charge in [0.1, 0.15) is 5.75 Å². The van der Waals surface area contributed by atoms with Crippen LogP contribution < -0.4 is 10.5 Å². The van der Waals surface area contributed by atoms with Crippen molar-refractivity contribution in [3.63, 3.8) is 0 Å². The summed E-state index contributed by atoms with van der Waals surface area (Å²) < 4.78 is 10.2. The third-order valence-electron chi connectivity index (χ3n) is 2.58. The summed E-state index contributed by atoms with van der Waals surface area (Å²) in [6, 6.07) is 7.50. The van der Waals surface area contributed by atoms with Gasteiger partial charge in [0.25, 0.3) is 0 Å². The highest BCUT2D eigenvalue weighted by Gasteiger charge is 2.09. The van der Waals surface area contributed by atoms with E-state index in [0.717, 1.165) is 11.3 Å². The maximum absolute atomic E-state index is 11.2. The van der Waals surface area contributed by atoms with E-state index < -0.39 is 0 Å². The van der Waals surface area contributed by atoms with Crippen molar-refractivity contribution >= 4 is 5.97 Å². The molecule has 0 spiro atoms. The fourth-order valence-corrected chi connectivity index (χ4v) is 1.65. The third kappa shape index (κ3) is 4.75. The summed E-state index contributed by atoms with van der Waals surface area (Å²) in [5.41, 5.74) is 7.02. The largest absolute Gasteiger partial charge is 0.494 e. The second-order valence-electron chi connectivity index (χ2n) is 3.95. The van der Waals surface area contributed by atoms with Crippen LogP contribution in [0.2, 0.25) is 0 Å². The fourth-order valence-electron chi connectivity index (χ4n) is 1.65. The van der Waals surface area contributed by atoms with Crippen LogP contribution in [-0.4, -0.2) is 19.2 Å². The number of rotatable bonds is 7. The topological polar surface area (TPSA) is 61.5 Å². The highest BCUT2D eigenvalue weighted by atomic mass is 16.5. The number of ether oxygens (including phenoxy) is 2. The van der Waals surface area contributed by atoms with Crippen molar-refractivity contribution in [1.82, 2.24) is 0 Å². The highest BCUT2D eigenvalue weighted by Crippen LogP contribution is 2.19. The Kier molecular flexibility index (Phi) is 6.22. The number of esters is 1. The van der Waals surface area contributed by atoms with Gasteiger partial charge in [-0.3, -0.25) is 4.79 Å². The van der Waals surface area contributed by atoms with Crippen molar-refractivity contribution in [2.75, 3.05) is 13.2 Å². The molecule has 0 aliphatic heterocycles. The zero-order chi connectivity index (χ0) is 13.4. The lowest BCUT2D eigenvalue weighted by Gasteiger charge is -2.12. The molecule has 0 bridgehead atoms. The predicted molar refractivity (Wildman–Crippen MR) is 70.4 cm³/mol. The monoisotopic (exact) mass is 251 g/mol. The van der Waals surface area contributed by atoms with E-state index in [-0.39, 0.29) is 12.0 Å². The van der Waals surface area contributed by atoms with Crippen LogP contribution in [-0.2, 0) is 9.53 Å². The van der Waals surface area contributed by atoms with Gasteiger partial charge < -0.3 is 15.2 Å². The maximum atomic E-state index is 11.2. The lowest BCUT2D eigenvalue weighted by Crippen LogP contribution is -2.13. The van der Waals surface area contributed by atoms with Crippen LogP contribution >= 0.6 is 0 Å². The SMILES string of the molecule is CCOC(=O)CCC(N)c1ccc(OCC)cc1. The number of benzene rings is 1. The summed E-state index contributed by atoms with van der Waals surface area (Å²) in [5, 5.41) is 0. The van der Waals surface area contributed by atoms with E-state index in [2.05, 4.69) is 0 Å². The van der Waals surface area contributed by atoms with Gasteiger partial charge in [0, 0.05) is 12.5 Å². The molecule has 0 heterocycles. The van der Waals surface area contributed by atoms with E-state index in [9.17, 15) is 4.79 Å². The molecule has 0 saturated heterocycles. The second kappa shape index (κ2) is 7.71. The normalized spacial score (nSPS) is 11.9. The van der Waals surface area contributed by atoms with Gasteiger partial charge in [-0.25, -0.2) is 0 Å². The zero-order valence-corrected chi connectivity index (χ0v) is 11.0. The number of hydrogen-bond donors (Lipinski definition) is 1. The molecule has 0 aromatic heterocycles. The Hall–Kier alpha value is -1.55. The summed E-state index contributed by atoms with van der Waals surface area (Å²) in [6.07, 6.45) is 0.940. The first kappa shape index (κ1) is 14.5. The Morgan fingerprint density at radius 3 is 2.44 bits per heavy atom. The van der Waals surface area contributed by atoms with Gasteiger partial charge in [0.2, 0.25) is 0 Å². The quantitative estimate of drug-likeness (QED) is 0.756. The zero-order valence-electron chi connectivity index (χ0n) is 11.0. The minimum atomic E-state index is -0.195. The molecular weight excluding hydrogens is 230 g/mol. The van der Waals surface area contributed by atoms with Crippen LogP contribution in [0.25, 0.3) is 0 Å². The summed E-state index contributed by atoms with van der Waals surface area (Å²) in [4.78, 5) is 11.2. The predicted octanol–water partition coefficient (Wildman–Crippen LogP) is 2.43. The average Bonchev–Trinajstić information content (AvgIpc) is 2.37. The molecule has 0 aliphatic carbocycles. The molecule has 1 atom stereocenters. The van der Waals surface area contributed by atoms with Gasteiger partial charge in [-0.05, 0) is 38.0 Å². The van der Waals surface area contributed by atoms with E-state index >= 15 is 0 Å². The Morgan fingerprint density at radius 1 is 1.22 bits per heavy atom. The Labute approximate surface area is 108 Å². The summed E-state index contributed by atoms with van der Waals surface area (Å²) >= 11 is 0. The van der Waals surface area contributed by atoms with Gasteiger partial charge in [-0.2, -0.15) is 0 Å². The third-order valence-corrected chi connectivity index (χ3v) is 2.58. The van der Waals surface area contributed by atoms with Crippen molar-refractivity contribution in [2.45, 2.75) is 32.7 Å². The molecule has 100 valence electrons. The van der Waals surface area contributed by atoms with Crippen LogP contribution in [0.1, 0.15) is 38.3 Å². The minimum absolute atomic E-state index is 0.148. The molecule has 1 unspecified atom stereocenters. The molecule has 4 heteroatoms. The maximum Gasteiger partial charge on any atom is 0.305 e. The van der Waals surface area contributed by atoms with E-state index in [4.69, 9.17) is 15.2 Å². The van der Waals surface area contributed by atoms with Gasteiger partial charge in [-0.15, -0.1) is 0 Å². The summed E-state index contributed by atoms with van der Waals surface area (Å²) in [5.74, 6) is 0.637. The Morgan fingerprint density at radius 2 is 1.89 bits per heavy atom. The molecule has 0 radical (unpaired) electrons. The van der Waals surface area contributed by atoms with Gasteiger partial charge in [0.05, 0.1) is 13.2 Å². The lowest BCUT2D eigenvalue weighted by atomic mass is 10.0. The first-order valence-corrected chi connectivity index (χ1v) is 6.31. The molecule has 1 aromatic rings. The number of nitrogens with two attached hydrogens (primary N) is 1. The van der Waals surface area contributed by atoms with E-state index in [1.807, 2.05) is 31.2 Å². The van der Waals surface area contributed by atoms with Crippen LogP contribution in [0.4, 0.5) is 0 Å². The number of carbonyl (C=O) groups excluding carboxylic acids is 1. The van der Waals surface area contributed by atoms with Gasteiger partial charge in [-0.1, -0.05) is 12.1 Å². The van der Waals surface area contributed by atoms with E-state index in [0.29, 0.717) is 26.1 Å². The van der Waals surface area contributed by atoms with Crippen molar-refractivity contribution in [3.05, 3.63) is 29.8 Å². The van der Waals surface area contributed by atoms with Crippen molar-refractivity contribution in [2.24, 2.45) is 5.73 Å². The number of carbonyl (C=O) groups is 1. The van der Waals surface area contributed by atoms with Crippen molar-refractivity contribution in [3.8, 4) is 5.75 Å². The van der Waals surface area contributed by atoms with E-state index in [1.165, 1.54) is 0 Å². The molecule has 1 rings (SSSR count). The lowest BCUT2D eigenvalue weighted by molar-refractivity contribution is -0.143. The number of hydrogen-bond acceptors (Lipinski definition) is 4. The Bertz CT molecular complexity index is 362. The molecule has 2 N–H and O–H groups in total. The summed E-state index contributed by atoms with van der Waals surface area (Å²) in [6.45, 7) is 4.80. The standard InChI is InChI=1S/C14H21NO3/c1-3-17-12-7-5-11(6-8-12)13(15)9-10-14(16)18-4-2/h5-8,13H,3-4,9-10,15H2,1-2H3. The minimum Gasteiger partial charge on any atom is -0.494 e. The average molecular weight is 251 g/mol. The molecule has 0 fully saturated rings. The summed E-state index contributed by atoms with van der Waals surface area (Å²) in [7, 11) is 0. The van der Waals surface area contributed by atoms with Crippen molar-refractivity contribution < 1.29 is 14.3 Å². The molecule has 0 amide bonds. The van der Waals surface area contributed by atoms with E-state index in [1.54, 1.807) is 6.92 Å². The van der Waals surface area contributed by atoms with Crippen LogP contribution in [0.5, 0.6) is 5.75 Å². The van der Waals surface area contributed by atoms with Gasteiger partial charge in [0.15, 0.2) is 0 Å². The first-order chi connectivity index (χ1) is 8.67. The molecular formula is C14H21NO3.